The van der Waals surface area contributed by atoms with E-state index in [2.05, 4.69) is 28.9 Å². The van der Waals surface area contributed by atoms with E-state index in [4.69, 9.17) is 14.5 Å². The molecule has 0 N–H and O–H groups in total. The highest BCUT2D eigenvalue weighted by molar-refractivity contribution is 5.93. The van der Waals surface area contributed by atoms with Crippen molar-refractivity contribution in [3.05, 3.63) is 60.0 Å². The van der Waals surface area contributed by atoms with Gasteiger partial charge in [0.1, 0.15) is 12.4 Å². The van der Waals surface area contributed by atoms with E-state index in [-0.39, 0.29) is 0 Å². The Labute approximate surface area is 160 Å². The van der Waals surface area contributed by atoms with Gasteiger partial charge in [0, 0.05) is 60.5 Å². The average Bonchev–Trinajstić information content (AvgIpc) is 3.15. The Morgan fingerprint density at radius 3 is 2.96 bits per heavy atom. The van der Waals surface area contributed by atoms with E-state index in [0.29, 0.717) is 12.7 Å². The van der Waals surface area contributed by atoms with Gasteiger partial charge in [0.15, 0.2) is 0 Å². The topological polar surface area (TPSA) is 47.5 Å². The van der Waals surface area contributed by atoms with Gasteiger partial charge in [0.2, 0.25) is 0 Å². The van der Waals surface area contributed by atoms with Crippen molar-refractivity contribution in [2.45, 2.75) is 33.0 Å². The third-order valence-electron chi connectivity index (χ3n) is 4.90. The van der Waals surface area contributed by atoms with Crippen LogP contribution in [-0.4, -0.2) is 35.8 Å². The summed E-state index contributed by atoms with van der Waals surface area (Å²) in [6.07, 6.45) is 4.98. The van der Waals surface area contributed by atoms with Crippen molar-refractivity contribution < 1.29 is 9.47 Å². The maximum Gasteiger partial charge on any atom is 0.122 e. The fourth-order valence-electron chi connectivity index (χ4n) is 3.64. The van der Waals surface area contributed by atoms with E-state index < -0.39 is 0 Å². The summed E-state index contributed by atoms with van der Waals surface area (Å²) in [7, 11) is 0. The summed E-state index contributed by atoms with van der Waals surface area (Å²) < 4.78 is 11.7. The van der Waals surface area contributed by atoms with Gasteiger partial charge in [-0.3, -0.25) is 9.97 Å². The number of anilines is 1. The number of aromatic nitrogens is 2. The van der Waals surface area contributed by atoms with E-state index in [1.54, 1.807) is 6.20 Å². The average molecular weight is 363 g/mol. The summed E-state index contributed by atoms with van der Waals surface area (Å²) in [5.41, 5.74) is 4.27. The zero-order valence-electron chi connectivity index (χ0n) is 15.9. The van der Waals surface area contributed by atoms with Crippen LogP contribution in [0.25, 0.3) is 10.9 Å². The molecular formula is C22H25N3O2. The summed E-state index contributed by atoms with van der Waals surface area (Å²) in [5.74, 6) is 0.823. The number of aryl methyl sites for hydroxylation is 1. The first-order chi connectivity index (χ1) is 13.2. The molecule has 3 heterocycles. The Balaban J connectivity index is 1.57. The summed E-state index contributed by atoms with van der Waals surface area (Å²) in [4.78, 5) is 11.3. The Kier molecular flexibility index (Phi) is 5.21. The van der Waals surface area contributed by atoms with Gasteiger partial charge in [-0.15, -0.1) is 0 Å². The van der Waals surface area contributed by atoms with Crippen LogP contribution >= 0.6 is 0 Å². The third kappa shape index (κ3) is 4.03. The van der Waals surface area contributed by atoms with Crippen molar-refractivity contribution in [2.24, 2.45) is 0 Å². The molecule has 0 spiro atoms. The number of hydrogen-bond donors (Lipinski definition) is 0. The third-order valence-corrected chi connectivity index (χ3v) is 4.90. The van der Waals surface area contributed by atoms with E-state index >= 15 is 0 Å². The van der Waals surface area contributed by atoms with Gasteiger partial charge in [0.25, 0.3) is 0 Å². The molecule has 140 valence electrons. The smallest absolute Gasteiger partial charge is 0.122 e. The van der Waals surface area contributed by atoms with Crippen molar-refractivity contribution in [2.75, 3.05) is 24.6 Å². The number of hydrogen-bond acceptors (Lipinski definition) is 5. The highest BCUT2D eigenvalue weighted by Gasteiger charge is 2.24. The lowest BCUT2D eigenvalue weighted by molar-refractivity contribution is 0.0788. The second-order valence-corrected chi connectivity index (χ2v) is 6.92. The molecule has 4 rings (SSSR count). The van der Waals surface area contributed by atoms with E-state index in [1.807, 2.05) is 37.4 Å². The molecule has 0 saturated carbocycles. The number of ether oxygens (including phenoxy) is 2. The van der Waals surface area contributed by atoms with Crippen molar-refractivity contribution in [1.82, 2.24) is 9.97 Å². The highest BCUT2D eigenvalue weighted by atomic mass is 16.5. The highest BCUT2D eigenvalue weighted by Crippen LogP contribution is 2.32. The summed E-state index contributed by atoms with van der Waals surface area (Å²) in [5, 5.41) is 1.16. The largest absolute Gasteiger partial charge is 0.489 e. The molecule has 0 radical (unpaired) electrons. The van der Waals surface area contributed by atoms with Crippen LogP contribution in [0.1, 0.15) is 24.6 Å². The molecule has 5 heteroatoms. The van der Waals surface area contributed by atoms with Crippen LogP contribution in [0.5, 0.6) is 5.75 Å². The Bertz CT molecular complexity index is 914. The molecule has 1 fully saturated rings. The SMILES string of the molecule is CCO[C@H]1CCN(c2cc(C)nc3cc(OCc4cccnc4)ccc23)C1. The predicted molar refractivity (Wildman–Crippen MR) is 107 cm³/mol. The Morgan fingerprint density at radius 2 is 2.15 bits per heavy atom. The molecular weight excluding hydrogens is 338 g/mol. The van der Waals surface area contributed by atoms with Crippen molar-refractivity contribution in [3.63, 3.8) is 0 Å². The molecule has 1 saturated heterocycles. The monoisotopic (exact) mass is 363 g/mol. The number of rotatable bonds is 6. The van der Waals surface area contributed by atoms with Gasteiger partial charge in [-0.1, -0.05) is 6.07 Å². The quantitative estimate of drug-likeness (QED) is 0.659. The lowest BCUT2D eigenvalue weighted by Crippen LogP contribution is -2.23. The first-order valence-electron chi connectivity index (χ1n) is 9.52. The van der Waals surface area contributed by atoms with Crippen LogP contribution < -0.4 is 9.64 Å². The second-order valence-electron chi connectivity index (χ2n) is 6.92. The van der Waals surface area contributed by atoms with Crippen molar-refractivity contribution in [3.8, 4) is 5.75 Å². The van der Waals surface area contributed by atoms with Crippen LogP contribution in [0, 0.1) is 6.92 Å². The van der Waals surface area contributed by atoms with Gasteiger partial charge in [0.05, 0.1) is 11.6 Å². The molecule has 0 aliphatic carbocycles. The maximum absolute atomic E-state index is 5.94. The van der Waals surface area contributed by atoms with Gasteiger partial charge in [-0.05, 0) is 44.5 Å². The van der Waals surface area contributed by atoms with Crippen LogP contribution in [0.4, 0.5) is 5.69 Å². The molecule has 2 aromatic heterocycles. The van der Waals surface area contributed by atoms with Crippen LogP contribution in [0.2, 0.25) is 0 Å². The molecule has 1 atom stereocenters. The maximum atomic E-state index is 5.94. The normalized spacial score (nSPS) is 16.8. The molecule has 0 unspecified atom stereocenters. The first-order valence-corrected chi connectivity index (χ1v) is 9.52. The number of benzene rings is 1. The number of fused-ring (bicyclic) bond motifs is 1. The molecule has 1 aliphatic rings. The first kappa shape index (κ1) is 17.7. The zero-order chi connectivity index (χ0) is 18.6. The molecule has 1 aliphatic heterocycles. The van der Waals surface area contributed by atoms with Gasteiger partial charge >= 0.3 is 0 Å². The van der Waals surface area contributed by atoms with E-state index in [0.717, 1.165) is 54.0 Å². The van der Waals surface area contributed by atoms with Crippen LogP contribution in [-0.2, 0) is 11.3 Å². The summed E-state index contributed by atoms with van der Waals surface area (Å²) in [6.45, 7) is 7.32. The van der Waals surface area contributed by atoms with Gasteiger partial charge in [-0.2, -0.15) is 0 Å². The fourth-order valence-corrected chi connectivity index (χ4v) is 3.64. The van der Waals surface area contributed by atoms with Crippen molar-refractivity contribution in [1.29, 1.82) is 0 Å². The lowest BCUT2D eigenvalue weighted by Gasteiger charge is -2.21. The van der Waals surface area contributed by atoms with E-state index in [1.165, 1.54) is 5.69 Å². The van der Waals surface area contributed by atoms with E-state index in [9.17, 15) is 0 Å². The lowest BCUT2D eigenvalue weighted by atomic mass is 10.1. The predicted octanol–water partition coefficient (Wildman–Crippen LogP) is 4.13. The number of pyridine rings is 2. The van der Waals surface area contributed by atoms with Crippen LogP contribution in [0.3, 0.4) is 0 Å². The van der Waals surface area contributed by atoms with Gasteiger partial charge in [-0.25, -0.2) is 0 Å². The minimum atomic E-state index is 0.320. The van der Waals surface area contributed by atoms with Crippen molar-refractivity contribution >= 4 is 16.6 Å². The second kappa shape index (κ2) is 7.92. The molecule has 27 heavy (non-hydrogen) atoms. The minimum Gasteiger partial charge on any atom is -0.489 e. The zero-order valence-corrected chi connectivity index (χ0v) is 15.9. The molecule has 5 nitrogen and oxygen atoms in total. The summed E-state index contributed by atoms with van der Waals surface area (Å²) in [6, 6.07) is 12.3. The van der Waals surface area contributed by atoms with Crippen LogP contribution in [0.15, 0.2) is 48.8 Å². The molecule has 1 aromatic carbocycles. The molecule has 0 amide bonds. The Morgan fingerprint density at radius 1 is 1.22 bits per heavy atom. The van der Waals surface area contributed by atoms with Gasteiger partial charge < -0.3 is 14.4 Å². The molecule has 3 aromatic rings. The molecule has 0 bridgehead atoms. The standard InChI is InChI=1S/C22H25N3O2/c1-3-26-19-8-10-25(14-19)22-11-16(2)24-21-12-18(6-7-20(21)22)27-15-17-5-4-9-23-13-17/h4-7,9,11-13,19H,3,8,10,14-15H2,1-2H3/t19-/m0/s1. The minimum absolute atomic E-state index is 0.320. The fraction of sp³-hybridized carbons (Fsp3) is 0.364. The summed E-state index contributed by atoms with van der Waals surface area (Å²) >= 11 is 0. The number of nitrogens with zero attached hydrogens (tertiary/aromatic N) is 3. The Hall–Kier alpha value is -2.66.